The average Bonchev–Trinajstić information content (AvgIpc) is 3.04. The van der Waals surface area contributed by atoms with Crippen LogP contribution in [0.15, 0.2) is 84.4 Å². The number of benzene rings is 3. The van der Waals surface area contributed by atoms with Crippen LogP contribution in [0, 0.1) is 5.82 Å². The molecule has 1 fully saturated rings. The number of hydrogen-bond donors (Lipinski definition) is 1. The maximum Gasteiger partial charge on any atom is 0.300 e. The molecule has 30 heavy (non-hydrogen) atoms. The standard InChI is InChI=1S/C24H18FNO4/c1-30-19-10-6-5-9-18(19)21-20(22(27)15-11-13-16(25)14-12-15)23(28)24(29)26(21)17-7-3-2-4-8-17/h2-14,21,27H,1H3/t21-/m1/s1. The number of carbonyl (C=O) groups is 2. The highest BCUT2D eigenvalue weighted by Gasteiger charge is 2.47. The smallest absolute Gasteiger partial charge is 0.300 e. The zero-order valence-corrected chi connectivity index (χ0v) is 16.1. The lowest BCUT2D eigenvalue weighted by atomic mass is 9.94. The first-order chi connectivity index (χ1) is 14.5. The molecule has 0 radical (unpaired) electrons. The number of methoxy groups -OCH3 is 1. The van der Waals surface area contributed by atoms with Gasteiger partial charge >= 0.3 is 0 Å². The normalized spacial score (nSPS) is 17.9. The van der Waals surface area contributed by atoms with Gasteiger partial charge in [-0.1, -0.05) is 36.4 Å². The Labute approximate surface area is 172 Å². The molecule has 0 aromatic heterocycles. The van der Waals surface area contributed by atoms with Crippen LogP contribution in [0.25, 0.3) is 5.76 Å². The molecule has 6 heteroatoms. The predicted octanol–water partition coefficient (Wildman–Crippen LogP) is 4.46. The Bertz CT molecular complexity index is 1140. The van der Waals surface area contributed by atoms with Gasteiger partial charge in [0, 0.05) is 16.8 Å². The predicted molar refractivity (Wildman–Crippen MR) is 111 cm³/mol. The van der Waals surface area contributed by atoms with Crippen LogP contribution in [0.5, 0.6) is 5.75 Å². The maximum atomic E-state index is 13.3. The molecule has 0 saturated carbocycles. The lowest BCUT2D eigenvalue weighted by Gasteiger charge is -2.26. The van der Waals surface area contributed by atoms with E-state index in [0.29, 0.717) is 17.0 Å². The van der Waals surface area contributed by atoms with Gasteiger partial charge in [0.25, 0.3) is 11.7 Å². The van der Waals surface area contributed by atoms with Crippen molar-refractivity contribution in [1.82, 2.24) is 0 Å². The van der Waals surface area contributed by atoms with Gasteiger partial charge in [-0.3, -0.25) is 14.5 Å². The van der Waals surface area contributed by atoms with Crippen LogP contribution in [0.3, 0.4) is 0 Å². The summed E-state index contributed by atoms with van der Waals surface area (Å²) < 4.78 is 18.8. The Balaban J connectivity index is 1.98. The number of carbonyl (C=O) groups excluding carboxylic acids is 2. The lowest BCUT2D eigenvalue weighted by Crippen LogP contribution is -2.29. The summed E-state index contributed by atoms with van der Waals surface area (Å²) in [5, 5.41) is 11.0. The Morgan fingerprint density at radius 2 is 1.57 bits per heavy atom. The average molecular weight is 403 g/mol. The van der Waals surface area contributed by atoms with Crippen LogP contribution in [0.4, 0.5) is 10.1 Å². The first-order valence-electron chi connectivity index (χ1n) is 9.28. The van der Waals surface area contributed by atoms with Gasteiger partial charge in [-0.15, -0.1) is 0 Å². The summed E-state index contributed by atoms with van der Waals surface area (Å²) in [4.78, 5) is 27.4. The summed E-state index contributed by atoms with van der Waals surface area (Å²) in [7, 11) is 1.49. The topological polar surface area (TPSA) is 66.8 Å². The molecule has 3 aromatic rings. The van der Waals surface area contributed by atoms with Gasteiger partial charge in [-0.05, 0) is 42.5 Å². The Morgan fingerprint density at radius 3 is 2.23 bits per heavy atom. The van der Waals surface area contributed by atoms with E-state index in [1.165, 1.54) is 36.3 Å². The minimum absolute atomic E-state index is 0.0834. The van der Waals surface area contributed by atoms with E-state index in [1.54, 1.807) is 54.6 Å². The molecule has 1 aliphatic rings. The van der Waals surface area contributed by atoms with Crippen LogP contribution in [-0.4, -0.2) is 23.9 Å². The quantitative estimate of drug-likeness (QED) is 0.397. The highest BCUT2D eigenvalue weighted by molar-refractivity contribution is 6.51. The summed E-state index contributed by atoms with van der Waals surface area (Å²) in [6.07, 6.45) is 0. The number of aliphatic hydroxyl groups is 1. The van der Waals surface area contributed by atoms with Crippen LogP contribution in [-0.2, 0) is 9.59 Å². The highest BCUT2D eigenvalue weighted by Crippen LogP contribution is 2.44. The van der Waals surface area contributed by atoms with Crippen LogP contribution in [0.2, 0.25) is 0 Å². The van der Waals surface area contributed by atoms with Crippen LogP contribution >= 0.6 is 0 Å². The molecule has 1 aliphatic heterocycles. The fourth-order valence-electron chi connectivity index (χ4n) is 3.64. The summed E-state index contributed by atoms with van der Waals surface area (Å²) in [6, 6.07) is 19.9. The molecule has 0 aliphatic carbocycles. The number of hydrogen-bond acceptors (Lipinski definition) is 4. The SMILES string of the molecule is COc1ccccc1[C@@H]1C(=C(O)c2ccc(F)cc2)C(=O)C(=O)N1c1ccccc1. The lowest BCUT2D eigenvalue weighted by molar-refractivity contribution is -0.132. The van der Waals surface area contributed by atoms with E-state index in [-0.39, 0.29) is 16.9 Å². The second-order valence-corrected chi connectivity index (χ2v) is 6.75. The summed E-state index contributed by atoms with van der Waals surface area (Å²) in [5.41, 5.74) is 1.21. The molecule has 0 spiro atoms. The highest BCUT2D eigenvalue weighted by atomic mass is 19.1. The minimum Gasteiger partial charge on any atom is -0.507 e. The fraction of sp³-hybridized carbons (Fsp3) is 0.0833. The van der Waals surface area contributed by atoms with E-state index in [9.17, 15) is 19.1 Å². The third kappa shape index (κ3) is 3.22. The van der Waals surface area contributed by atoms with Crippen molar-refractivity contribution in [2.45, 2.75) is 6.04 Å². The van der Waals surface area contributed by atoms with Crippen molar-refractivity contribution in [3.8, 4) is 5.75 Å². The zero-order valence-electron chi connectivity index (χ0n) is 16.1. The van der Waals surface area contributed by atoms with Crippen molar-refractivity contribution in [3.05, 3.63) is 101 Å². The van der Waals surface area contributed by atoms with Gasteiger partial charge in [0.15, 0.2) is 0 Å². The zero-order chi connectivity index (χ0) is 21.3. The van der Waals surface area contributed by atoms with Gasteiger partial charge in [0.05, 0.1) is 18.7 Å². The molecule has 0 unspecified atom stereocenters. The molecular weight excluding hydrogens is 385 g/mol. The van der Waals surface area contributed by atoms with E-state index < -0.39 is 23.5 Å². The van der Waals surface area contributed by atoms with E-state index in [4.69, 9.17) is 4.74 Å². The third-order valence-corrected chi connectivity index (χ3v) is 5.03. The molecule has 0 bridgehead atoms. The molecule has 1 atom stereocenters. The molecule has 4 rings (SSSR count). The van der Waals surface area contributed by atoms with Gasteiger partial charge in [0.1, 0.15) is 17.3 Å². The summed E-state index contributed by atoms with van der Waals surface area (Å²) >= 11 is 0. The van der Waals surface area contributed by atoms with Crippen molar-refractivity contribution in [2.75, 3.05) is 12.0 Å². The molecular formula is C24H18FNO4. The van der Waals surface area contributed by atoms with Crippen LogP contribution in [0.1, 0.15) is 17.2 Å². The van der Waals surface area contributed by atoms with Gasteiger partial charge < -0.3 is 9.84 Å². The summed E-state index contributed by atoms with van der Waals surface area (Å²) in [5.74, 6) is -1.96. The number of ether oxygens (including phenoxy) is 1. The monoisotopic (exact) mass is 403 g/mol. The first kappa shape index (κ1) is 19.4. The van der Waals surface area contributed by atoms with Crippen molar-refractivity contribution in [3.63, 3.8) is 0 Å². The number of Topliss-reactive ketones (excluding diaryl/α,β-unsaturated/α-hetero) is 1. The number of anilines is 1. The summed E-state index contributed by atoms with van der Waals surface area (Å²) in [6.45, 7) is 0. The van der Waals surface area contributed by atoms with E-state index >= 15 is 0 Å². The number of rotatable bonds is 4. The Hall–Kier alpha value is -3.93. The van der Waals surface area contributed by atoms with Crippen molar-refractivity contribution >= 4 is 23.1 Å². The Kier molecular flexibility index (Phi) is 5.06. The molecule has 1 heterocycles. The molecule has 1 saturated heterocycles. The van der Waals surface area contributed by atoms with Crippen molar-refractivity contribution in [1.29, 1.82) is 0 Å². The number of nitrogens with zero attached hydrogens (tertiary/aromatic N) is 1. The maximum absolute atomic E-state index is 13.3. The first-order valence-corrected chi connectivity index (χ1v) is 9.28. The van der Waals surface area contributed by atoms with Crippen LogP contribution < -0.4 is 9.64 Å². The van der Waals surface area contributed by atoms with Gasteiger partial charge in [0.2, 0.25) is 0 Å². The molecule has 150 valence electrons. The Morgan fingerprint density at radius 1 is 0.933 bits per heavy atom. The fourth-order valence-corrected chi connectivity index (χ4v) is 3.64. The van der Waals surface area contributed by atoms with Gasteiger partial charge in [-0.25, -0.2) is 4.39 Å². The number of ketones is 1. The molecule has 3 aromatic carbocycles. The number of amides is 1. The van der Waals surface area contributed by atoms with E-state index in [1.807, 2.05) is 0 Å². The minimum atomic E-state index is -0.909. The molecule has 1 amide bonds. The number of aliphatic hydroxyl groups excluding tert-OH is 1. The molecule has 5 nitrogen and oxygen atoms in total. The largest absolute Gasteiger partial charge is 0.507 e. The third-order valence-electron chi connectivity index (χ3n) is 5.03. The second-order valence-electron chi connectivity index (χ2n) is 6.75. The second kappa shape index (κ2) is 7.83. The van der Waals surface area contributed by atoms with Crippen molar-refractivity contribution < 1.29 is 23.8 Å². The van der Waals surface area contributed by atoms with E-state index in [0.717, 1.165) is 0 Å². The van der Waals surface area contributed by atoms with E-state index in [2.05, 4.69) is 0 Å². The number of halogens is 1. The van der Waals surface area contributed by atoms with Gasteiger partial charge in [-0.2, -0.15) is 0 Å². The number of para-hydroxylation sites is 2. The molecule has 1 N–H and O–H groups in total. The van der Waals surface area contributed by atoms with Crippen molar-refractivity contribution in [2.24, 2.45) is 0 Å².